The zero-order valence-electron chi connectivity index (χ0n) is 8.49. The highest BCUT2D eigenvalue weighted by atomic mass is 16.5. The van der Waals surface area contributed by atoms with Crippen LogP contribution in [0.1, 0.15) is 13.8 Å². The Labute approximate surface area is 84.8 Å². The van der Waals surface area contributed by atoms with Gasteiger partial charge < -0.3 is 9.47 Å². The van der Waals surface area contributed by atoms with E-state index in [1.54, 1.807) is 0 Å². The molecule has 0 atom stereocenters. The smallest absolute Gasteiger partial charge is 0.162 e. The topological polar surface area (TPSA) is 18.5 Å². The molecule has 0 N–H and O–H groups in total. The van der Waals surface area contributed by atoms with Crippen molar-refractivity contribution in [2.75, 3.05) is 6.61 Å². The number of terminal acetylenes is 1. The minimum atomic E-state index is 0.130. The number of rotatable bonds is 4. The van der Waals surface area contributed by atoms with E-state index in [1.165, 1.54) is 0 Å². The van der Waals surface area contributed by atoms with Crippen LogP contribution < -0.4 is 9.47 Å². The molecule has 0 spiro atoms. The van der Waals surface area contributed by atoms with E-state index >= 15 is 0 Å². The molecular weight excluding hydrogens is 176 g/mol. The molecule has 0 heterocycles. The Morgan fingerprint density at radius 3 is 2.50 bits per heavy atom. The molecule has 0 radical (unpaired) electrons. The van der Waals surface area contributed by atoms with Crippen molar-refractivity contribution in [3.63, 3.8) is 0 Å². The summed E-state index contributed by atoms with van der Waals surface area (Å²) < 4.78 is 10.9. The second-order valence-corrected chi connectivity index (χ2v) is 3.11. The molecule has 74 valence electrons. The Morgan fingerprint density at radius 2 is 1.93 bits per heavy atom. The van der Waals surface area contributed by atoms with Crippen LogP contribution in [0.25, 0.3) is 0 Å². The summed E-state index contributed by atoms with van der Waals surface area (Å²) in [6.07, 6.45) is 5.24. The van der Waals surface area contributed by atoms with E-state index in [0.717, 1.165) is 5.75 Å². The summed E-state index contributed by atoms with van der Waals surface area (Å²) in [6.45, 7) is 4.20. The van der Waals surface area contributed by atoms with Gasteiger partial charge in [0.2, 0.25) is 0 Å². The van der Waals surface area contributed by atoms with Crippen molar-refractivity contribution < 1.29 is 9.47 Å². The Kier molecular flexibility index (Phi) is 3.87. The molecule has 14 heavy (non-hydrogen) atoms. The minimum absolute atomic E-state index is 0.130. The van der Waals surface area contributed by atoms with Crippen LogP contribution in [0.2, 0.25) is 0 Å². The lowest BCUT2D eigenvalue weighted by molar-refractivity contribution is 0.227. The van der Waals surface area contributed by atoms with Crippen LogP contribution in [0.3, 0.4) is 0 Å². The van der Waals surface area contributed by atoms with Crippen molar-refractivity contribution >= 4 is 0 Å². The van der Waals surface area contributed by atoms with E-state index in [4.69, 9.17) is 15.9 Å². The van der Waals surface area contributed by atoms with E-state index in [2.05, 4.69) is 5.92 Å². The molecule has 0 unspecified atom stereocenters. The van der Waals surface area contributed by atoms with Crippen LogP contribution in [-0.2, 0) is 0 Å². The summed E-state index contributed by atoms with van der Waals surface area (Å²) in [5.74, 6) is 3.85. The van der Waals surface area contributed by atoms with Gasteiger partial charge in [-0.15, -0.1) is 6.42 Å². The maximum absolute atomic E-state index is 5.55. The zero-order valence-corrected chi connectivity index (χ0v) is 8.49. The summed E-state index contributed by atoms with van der Waals surface area (Å²) in [5.41, 5.74) is 0. The first-order chi connectivity index (χ1) is 6.74. The average molecular weight is 190 g/mol. The van der Waals surface area contributed by atoms with E-state index in [-0.39, 0.29) is 12.7 Å². The predicted molar refractivity (Wildman–Crippen MR) is 56.5 cm³/mol. The number of benzene rings is 1. The van der Waals surface area contributed by atoms with Gasteiger partial charge in [0.15, 0.2) is 11.5 Å². The van der Waals surface area contributed by atoms with Gasteiger partial charge in [-0.1, -0.05) is 18.1 Å². The summed E-state index contributed by atoms with van der Waals surface area (Å²) in [6, 6.07) is 7.50. The van der Waals surface area contributed by atoms with Crippen LogP contribution in [0.15, 0.2) is 24.3 Å². The van der Waals surface area contributed by atoms with Crippen molar-refractivity contribution in [1.82, 2.24) is 0 Å². The molecule has 0 aromatic heterocycles. The van der Waals surface area contributed by atoms with Crippen LogP contribution in [-0.4, -0.2) is 12.7 Å². The van der Waals surface area contributed by atoms with E-state index < -0.39 is 0 Å². The molecule has 1 aromatic rings. The van der Waals surface area contributed by atoms with Crippen LogP contribution in [0.5, 0.6) is 11.5 Å². The van der Waals surface area contributed by atoms with Gasteiger partial charge in [-0.25, -0.2) is 0 Å². The Morgan fingerprint density at radius 1 is 1.29 bits per heavy atom. The van der Waals surface area contributed by atoms with Crippen molar-refractivity contribution in [3.8, 4) is 23.8 Å². The number of ether oxygens (including phenoxy) is 2. The summed E-state index contributed by atoms with van der Waals surface area (Å²) in [5, 5.41) is 0. The Balaban J connectivity index is 2.76. The first-order valence-electron chi connectivity index (χ1n) is 4.56. The standard InChI is InChI=1S/C12H14O2/c1-4-9-13-11-7-5-6-8-12(11)14-10(2)3/h1,5-8,10H,9H2,2-3H3. The lowest BCUT2D eigenvalue weighted by atomic mass is 10.3. The average Bonchev–Trinajstić information content (AvgIpc) is 2.16. The first kappa shape index (κ1) is 10.5. The third-order valence-corrected chi connectivity index (χ3v) is 1.52. The quantitative estimate of drug-likeness (QED) is 0.679. The normalized spacial score (nSPS) is 9.57. The fourth-order valence-corrected chi connectivity index (χ4v) is 1.04. The molecule has 0 aliphatic carbocycles. The molecule has 0 bridgehead atoms. The Hall–Kier alpha value is -1.62. The van der Waals surface area contributed by atoms with Crippen molar-refractivity contribution in [2.24, 2.45) is 0 Å². The summed E-state index contributed by atoms with van der Waals surface area (Å²) in [4.78, 5) is 0. The molecule has 1 aromatic carbocycles. The lowest BCUT2D eigenvalue weighted by Crippen LogP contribution is -2.07. The van der Waals surface area contributed by atoms with Gasteiger partial charge in [0.25, 0.3) is 0 Å². The molecule has 0 amide bonds. The van der Waals surface area contributed by atoms with Gasteiger partial charge in [-0.3, -0.25) is 0 Å². The zero-order chi connectivity index (χ0) is 10.4. The van der Waals surface area contributed by atoms with Gasteiger partial charge in [0, 0.05) is 0 Å². The van der Waals surface area contributed by atoms with Crippen LogP contribution in [0, 0.1) is 12.3 Å². The largest absolute Gasteiger partial charge is 0.487 e. The lowest BCUT2D eigenvalue weighted by Gasteiger charge is -2.13. The van der Waals surface area contributed by atoms with E-state index in [1.807, 2.05) is 38.1 Å². The van der Waals surface area contributed by atoms with Crippen LogP contribution in [0.4, 0.5) is 0 Å². The van der Waals surface area contributed by atoms with Crippen molar-refractivity contribution in [3.05, 3.63) is 24.3 Å². The second kappa shape index (κ2) is 5.18. The summed E-state index contributed by atoms with van der Waals surface area (Å²) >= 11 is 0. The van der Waals surface area contributed by atoms with E-state index in [0.29, 0.717) is 5.75 Å². The van der Waals surface area contributed by atoms with Gasteiger partial charge in [-0.2, -0.15) is 0 Å². The second-order valence-electron chi connectivity index (χ2n) is 3.11. The fraction of sp³-hybridized carbons (Fsp3) is 0.333. The maximum atomic E-state index is 5.55. The fourth-order valence-electron chi connectivity index (χ4n) is 1.04. The van der Waals surface area contributed by atoms with Gasteiger partial charge in [-0.05, 0) is 26.0 Å². The SMILES string of the molecule is C#CCOc1ccccc1OC(C)C. The molecule has 2 heteroatoms. The molecule has 0 fully saturated rings. The predicted octanol–water partition coefficient (Wildman–Crippen LogP) is 2.49. The molecule has 2 nitrogen and oxygen atoms in total. The maximum Gasteiger partial charge on any atom is 0.162 e. The van der Waals surface area contributed by atoms with Crippen molar-refractivity contribution in [2.45, 2.75) is 20.0 Å². The molecular formula is C12H14O2. The highest BCUT2D eigenvalue weighted by molar-refractivity contribution is 5.39. The monoisotopic (exact) mass is 190 g/mol. The Bertz CT molecular complexity index is 323. The van der Waals surface area contributed by atoms with E-state index in [9.17, 15) is 0 Å². The summed E-state index contributed by atoms with van der Waals surface area (Å²) in [7, 11) is 0. The number of hydrogen-bond donors (Lipinski definition) is 0. The number of para-hydroxylation sites is 2. The van der Waals surface area contributed by atoms with Gasteiger partial charge >= 0.3 is 0 Å². The van der Waals surface area contributed by atoms with Gasteiger partial charge in [0.05, 0.1) is 6.10 Å². The molecule has 0 aliphatic heterocycles. The third-order valence-electron chi connectivity index (χ3n) is 1.52. The third kappa shape index (κ3) is 3.02. The van der Waals surface area contributed by atoms with Crippen LogP contribution >= 0.6 is 0 Å². The highest BCUT2D eigenvalue weighted by Gasteiger charge is 2.04. The molecule has 1 rings (SSSR count). The highest BCUT2D eigenvalue weighted by Crippen LogP contribution is 2.27. The van der Waals surface area contributed by atoms with Crippen molar-refractivity contribution in [1.29, 1.82) is 0 Å². The molecule has 0 saturated carbocycles. The first-order valence-corrected chi connectivity index (χ1v) is 4.56. The number of hydrogen-bond acceptors (Lipinski definition) is 2. The van der Waals surface area contributed by atoms with Gasteiger partial charge in [0.1, 0.15) is 6.61 Å². The minimum Gasteiger partial charge on any atom is -0.487 e. The molecule has 0 aliphatic rings. The molecule has 0 saturated heterocycles.